The number of nitrogens with one attached hydrogen (secondary N) is 1. The molecule has 4 atom stereocenters. The second-order valence-corrected chi connectivity index (χ2v) is 9.52. The van der Waals surface area contributed by atoms with Gasteiger partial charge in [-0.25, -0.2) is 4.79 Å². The Morgan fingerprint density at radius 3 is 2.56 bits per heavy atom. The van der Waals surface area contributed by atoms with Crippen LogP contribution in [0, 0.1) is 6.92 Å². The minimum Gasteiger partial charge on any atom is -0.462 e. The van der Waals surface area contributed by atoms with Gasteiger partial charge in [-0.2, -0.15) is 0 Å². The average molecular weight is 474 g/mol. The van der Waals surface area contributed by atoms with Crippen LogP contribution < -0.4 is 15.7 Å². The molecule has 0 unspecified atom stereocenters. The van der Waals surface area contributed by atoms with E-state index < -0.39 is 35.5 Å². The zero-order valence-corrected chi connectivity index (χ0v) is 20.3. The largest absolute Gasteiger partial charge is 0.462 e. The molecule has 2 aliphatic heterocycles. The van der Waals surface area contributed by atoms with Gasteiger partial charge in [0.25, 0.3) is 0 Å². The van der Waals surface area contributed by atoms with Gasteiger partial charge in [0, 0.05) is 24.5 Å². The molecule has 184 valence electrons. The molecule has 0 saturated carbocycles. The predicted molar refractivity (Wildman–Crippen MR) is 125 cm³/mol. The highest BCUT2D eigenvalue weighted by Crippen LogP contribution is 2.43. The molecule has 9 nitrogen and oxygen atoms in total. The van der Waals surface area contributed by atoms with Crippen molar-refractivity contribution in [1.82, 2.24) is 0 Å². The molecule has 1 aromatic heterocycles. The first-order valence-corrected chi connectivity index (χ1v) is 11.2. The molecular formula is C25H31NO8. The lowest BCUT2D eigenvalue weighted by molar-refractivity contribution is -0.283. The molecule has 34 heavy (non-hydrogen) atoms. The molecule has 2 aromatic rings. The van der Waals surface area contributed by atoms with Crippen molar-refractivity contribution in [2.75, 3.05) is 12.4 Å². The third kappa shape index (κ3) is 4.48. The van der Waals surface area contributed by atoms with Crippen molar-refractivity contribution in [3.05, 3.63) is 46.8 Å². The number of benzene rings is 1. The van der Waals surface area contributed by atoms with E-state index in [1.165, 1.54) is 6.08 Å². The van der Waals surface area contributed by atoms with Crippen molar-refractivity contribution in [1.29, 1.82) is 0 Å². The van der Waals surface area contributed by atoms with E-state index >= 15 is 0 Å². The fourth-order valence-corrected chi connectivity index (χ4v) is 4.58. The molecule has 2 aliphatic rings. The monoisotopic (exact) mass is 473 g/mol. The van der Waals surface area contributed by atoms with Gasteiger partial charge in [0.1, 0.15) is 29.2 Å². The van der Waals surface area contributed by atoms with Crippen molar-refractivity contribution in [3.8, 4) is 5.75 Å². The van der Waals surface area contributed by atoms with Gasteiger partial charge in [-0.1, -0.05) is 6.08 Å². The van der Waals surface area contributed by atoms with Crippen LogP contribution in [0.3, 0.4) is 0 Å². The van der Waals surface area contributed by atoms with Crippen LogP contribution >= 0.6 is 0 Å². The molecule has 1 aromatic carbocycles. The van der Waals surface area contributed by atoms with Crippen LogP contribution in [0.2, 0.25) is 0 Å². The van der Waals surface area contributed by atoms with E-state index in [9.17, 15) is 9.59 Å². The van der Waals surface area contributed by atoms with E-state index in [1.807, 2.05) is 27.7 Å². The Morgan fingerprint density at radius 1 is 1.18 bits per heavy atom. The van der Waals surface area contributed by atoms with Gasteiger partial charge in [-0.3, -0.25) is 4.79 Å². The van der Waals surface area contributed by atoms with Gasteiger partial charge in [0.2, 0.25) is 12.2 Å². The molecule has 3 heterocycles. The van der Waals surface area contributed by atoms with E-state index in [1.54, 1.807) is 32.2 Å². The zero-order valence-electron chi connectivity index (χ0n) is 20.3. The lowest BCUT2D eigenvalue weighted by Gasteiger charge is -2.46. The molecule has 1 N–H and O–H groups in total. The Balaban J connectivity index is 1.65. The van der Waals surface area contributed by atoms with E-state index in [0.29, 0.717) is 22.3 Å². The summed E-state index contributed by atoms with van der Waals surface area (Å²) in [4.78, 5) is 24.3. The number of methoxy groups -OCH3 is 1. The van der Waals surface area contributed by atoms with Crippen molar-refractivity contribution in [3.63, 3.8) is 0 Å². The molecule has 0 radical (unpaired) electrons. The summed E-state index contributed by atoms with van der Waals surface area (Å²) in [5, 5.41) is 3.19. The number of fused-ring (bicyclic) bond motifs is 2. The number of rotatable bonds is 6. The maximum absolute atomic E-state index is 12.5. The van der Waals surface area contributed by atoms with Crippen LogP contribution in [0.4, 0.5) is 5.69 Å². The lowest BCUT2D eigenvalue weighted by atomic mass is 9.89. The normalized spacial score (nSPS) is 27.2. The standard InChI is InChI=1S/C25H31NO8/c1-8-9-17(27)26-15-12-14-10-11-16(13(2)18(14)31-22(15)28)30-23-20-19(32-25(5,6)33-20)21(29-7)24(3,4)34-23/h8,10-12,19-21,23H,1,9H2,2-7H3,(H,26,27)/t19-,20+,21+,23+/m0/s1. The van der Waals surface area contributed by atoms with Gasteiger partial charge >= 0.3 is 5.63 Å². The summed E-state index contributed by atoms with van der Waals surface area (Å²) in [6.07, 6.45) is -0.514. The minimum atomic E-state index is -0.824. The summed E-state index contributed by atoms with van der Waals surface area (Å²) in [6, 6.07) is 5.10. The van der Waals surface area contributed by atoms with E-state index in [4.69, 9.17) is 28.1 Å². The molecule has 9 heteroatoms. The third-order valence-corrected chi connectivity index (χ3v) is 6.04. The van der Waals surface area contributed by atoms with Crippen LogP contribution in [0.15, 0.2) is 40.1 Å². The van der Waals surface area contributed by atoms with E-state index in [0.717, 1.165) is 0 Å². The van der Waals surface area contributed by atoms with Gasteiger partial charge in [0.05, 0.1) is 5.60 Å². The molecule has 0 spiro atoms. The number of carbonyl (C=O) groups excluding carboxylic acids is 1. The maximum Gasteiger partial charge on any atom is 0.360 e. The molecular weight excluding hydrogens is 442 g/mol. The van der Waals surface area contributed by atoms with E-state index in [2.05, 4.69) is 11.9 Å². The SMILES string of the molecule is C=CCC(=O)Nc1cc2ccc(O[C@@H]3OC(C)(C)[C@H](OC)[C@H]4OC(C)(C)O[C@@H]34)c(C)c2oc1=O. The topological polar surface area (TPSA) is 105 Å². The first kappa shape index (κ1) is 24.4. The molecule has 0 aliphatic carbocycles. The number of hydrogen-bond acceptors (Lipinski definition) is 8. The second-order valence-electron chi connectivity index (χ2n) is 9.52. The minimum absolute atomic E-state index is 0.0666. The van der Waals surface area contributed by atoms with Crippen LogP contribution in [-0.4, -0.2) is 49.0 Å². The van der Waals surface area contributed by atoms with Crippen LogP contribution in [0.5, 0.6) is 5.75 Å². The van der Waals surface area contributed by atoms with Crippen molar-refractivity contribution in [2.45, 2.75) is 77.0 Å². The number of amides is 1. The second kappa shape index (κ2) is 8.81. The zero-order chi connectivity index (χ0) is 24.8. The number of anilines is 1. The fraction of sp³-hybridized carbons (Fsp3) is 0.520. The Hall–Kier alpha value is -2.72. The van der Waals surface area contributed by atoms with Gasteiger partial charge in [0.15, 0.2) is 11.9 Å². The lowest BCUT2D eigenvalue weighted by Crippen LogP contribution is -2.62. The summed E-state index contributed by atoms with van der Waals surface area (Å²) < 4.78 is 36.0. The quantitative estimate of drug-likeness (QED) is 0.501. The highest BCUT2D eigenvalue weighted by atomic mass is 16.8. The summed E-state index contributed by atoms with van der Waals surface area (Å²) >= 11 is 0. The molecule has 0 bridgehead atoms. The third-order valence-electron chi connectivity index (χ3n) is 6.04. The van der Waals surface area contributed by atoms with Gasteiger partial charge < -0.3 is 33.4 Å². The Kier molecular flexibility index (Phi) is 6.32. The van der Waals surface area contributed by atoms with Crippen LogP contribution in [0.25, 0.3) is 11.0 Å². The van der Waals surface area contributed by atoms with E-state index in [-0.39, 0.29) is 24.1 Å². The van der Waals surface area contributed by atoms with Gasteiger partial charge in [-0.15, -0.1) is 6.58 Å². The summed E-state index contributed by atoms with van der Waals surface area (Å²) in [5.41, 5.74) is -0.326. The van der Waals surface area contributed by atoms with Crippen molar-refractivity contribution in [2.24, 2.45) is 0 Å². The Bertz CT molecular complexity index is 1170. The summed E-state index contributed by atoms with van der Waals surface area (Å²) in [7, 11) is 1.62. The number of ether oxygens (including phenoxy) is 5. The number of carbonyl (C=O) groups is 1. The van der Waals surface area contributed by atoms with Crippen molar-refractivity contribution >= 4 is 22.6 Å². The first-order chi connectivity index (χ1) is 16.0. The summed E-state index contributed by atoms with van der Waals surface area (Å²) in [5.74, 6) is -0.696. The average Bonchev–Trinajstić information content (AvgIpc) is 3.06. The number of hydrogen-bond donors (Lipinski definition) is 1. The molecule has 1 amide bonds. The van der Waals surface area contributed by atoms with Crippen molar-refractivity contribution < 1.29 is 32.9 Å². The van der Waals surface area contributed by atoms with Crippen LogP contribution in [0.1, 0.15) is 39.7 Å². The Labute approximate surface area is 197 Å². The smallest absolute Gasteiger partial charge is 0.360 e. The number of aryl methyl sites for hydroxylation is 1. The Morgan fingerprint density at radius 2 is 1.88 bits per heavy atom. The van der Waals surface area contributed by atoms with Gasteiger partial charge in [-0.05, 0) is 52.8 Å². The first-order valence-electron chi connectivity index (χ1n) is 11.2. The van der Waals surface area contributed by atoms with Crippen LogP contribution in [-0.2, 0) is 23.7 Å². The molecule has 2 fully saturated rings. The maximum atomic E-state index is 12.5. The predicted octanol–water partition coefficient (Wildman–Crippen LogP) is 3.66. The molecule has 4 rings (SSSR count). The fourth-order valence-electron chi connectivity index (χ4n) is 4.58. The summed E-state index contributed by atoms with van der Waals surface area (Å²) in [6.45, 7) is 12.8. The molecule has 2 saturated heterocycles. The highest BCUT2D eigenvalue weighted by molar-refractivity contribution is 5.93. The highest BCUT2D eigenvalue weighted by Gasteiger charge is 2.59.